The number of carbonyl (C=O) groups is 4. The Morgan fingerprint density at radius 2 is 1.67 bits per heavy atom. The molecule has 14 nitrogen and oxygen atoms in total. The third-order valence-corrected chi connectivity index (χ3v) is 13.0. The number of rotatable bonds is 26. The van der Waals surface area contributed by atoms with Gasteiger partial charge in [-0.1, -0.05) is 85.2 Å². The van der Waals surface area contributed by atoms with Gasteiger partial charge < -0.3 is 40.4 Å². The van der Waals surface area contributed by atoms with Gasteiger partial charge in [-0.25, -0.2) is 4.98 Å². The zero-order chi connectivity index (χ0) is 44.5. The van der Waals surface area contributed by atoms with Gasteiger partial charge in [0.15, 0.2) is 0 Å². The molecular weight excluding hydrogens is 783 g/mol. The summed E-state index contributed by atoms with van der Waals surface area (Å²) in [6.45, 7) is 16.2. The molecule has 1 aromatic heterocycles. The van der Waals surface area contributed by atoms with Crippen LogP contribution in [0.1, 0.15) is 90.8 Å². The molecule has 2 aromatic rings. The van der Waals surface area contributed by atoms with E-state index in [4.69, 9.17) is 19.9 Å². The lowest BCUT2D eigenvalue weighted by Crippen LogP contribution is -2.60. The third kappa shape index (κ3) is 14.0. The fraction of sp³-hybridized carbons (Fsp3) is 0.711. The van der Waals surface area contributed by atoms with Crippen molar-refractivity contribution in [1.82, 2.24) is 30.3 Å². The molecule has 0 aliphatic carbocycles. The van der Waals surface area contributed by atoms with Crippen molar-refractivity contribution in [3.63, 3.8) is 0 Å². The summed E-state index contributed by atoms with van der Waals surface area (Å²) in [5, 5.41) is 9.06. The van der Waals surface area contributed by atoms with Crippen molar-refractivity contribution in [2.24, 2.45) is 29.4 Å². The van der Waals surface area contributed by atoms with Crippen LogP contribution in [0.5, 0.6) is 0 Å². The van der Waals surface area contributed by atoms with Gasteiger partial charge in [0.05, 0.1) is 61.9 Å². The van der Waals surface area contributed by atoms with Crippen molar-refractivity contribution in [3.05, 3.63) is 52.5 Å². The maximum Gasteiger partial charge on any atom is 0.245 e. The number of nitrogens with one attached hydrogen (secondary N) is 2. The number of likely N-dealkylation sites (N-methyl/N-ethyl adjacent to an activating group) is 2. The molecule has 60 heavy (non-hydrogen) atoms. The smallest absolute Gasteiger partial charge is 0.245 e. The average molecular weight is 858 g/mol. The fourth-order valence-corrected chi connectivity index (χ4v) is 9.27. The lowest BCUT2D eigenvalue weighted by Gasteiger charge is -2.41. The highest BCUT2D eigenvalue weighted by atomic mass is 32.1. The summed E-state index contributed by atoms with van der Waals surface area (Å²) in [5.74, 6) is -1.58. The molecule has 0 bridgehead atoms. The molecule has 0 radical (unpaired) electrons. The highest BCUT2D eigenvalue weighted by Gasteiger charge is 2.43. The maximum atomic E-state index is 14.5. The van der Waals surface area contributed by atoms with Gasteiger partial charge in [-0.2, -0.15) is 0 Å². The van der Waals surface area contributed by atoms with Crippen molar-refractivity contribution in [1.29, 1.82) is 0 Å². The SMILES string of the molecule is CC[C@H](C)[C@@H]([C@H](CC(=O)N1CCC[C@H]1[C@H](OC)[C@@H](C)C(=O)N[C@@H](Cc1ccccc1)c1nccs1)OC)N(C)C(=O)[C@@H](NC(=O)[C@H](C(C)C)N(C)CCOCCN)C(C)C. The van der Waals surface area contributed by atoms with Gasteiger partial charge in [0.1, 0.15) is 11.0 Å². The van der Waals surface area contributed by atoms with Crippen LogP contribution in [0.3, 0.4) is 0 Å². The van der Waals surface area contributed by atoms with Crippen LogP contribution < -0.4 is 16.4 Å². The second-order valence-electron chi connectivity index (χ2n) is 17.0. The zero-order valence-electron chi connectivity index (χ0n) is 38.1. The Bertz CT molecular complexity index is 1580. The van der Waals surface area contributed by atoms with Gasteiger partial charge >= 0.3 is 0 Å². The Kier molecular flexibility index (Phi) is 21.6. The molecular formula is C45H75N7O7S. The Hall–Kier alpha value is -3.47. The van der Waals surface area contributed by atoms with Gasteiger partial charge in [-0.15, -0.1) is 11.3 Å². The van der Waals surface area contributed by atoms with Crippen molar-refractivity contribution in [2.45, 2.75) is 123 Å². The minimum atomic E-state index is -0.800. The maximum absolute atomic E-state index is 14.5. The molecule has 338 valence electrons. The van der Waals surface area contributed by atoms with E-state index in [1.165, 1.54) is 11.3 Å². The number of hydrogen-bond donors (Lipinski definition) is 3. The van der Waals surface area contributed by atoms with Crippen LogP contribution in [0.4, 0.5) is 0 Å². The van der Waals surface area contributed by atoms with Crippen LogP contribution in [0.25, 0.3) is 0 Å². The van der Waals surface area contributed by atoms with E-state index in [2.05, 4.69) is 29.5 Å². The van der Waals surface area contributed by atoms with Gasteiger partial charge in [0, 0.05) is 52.5 Å². The average Bonchev–Trinajstić information content (AvgIpc) is 3.95. The first-order valence-corrected chi connectivity index (χ1v) is 22.6. The predicted octanol–water partition coefficient (Wildman–Crippen LogP) is 4.54. The number of likely N-dealkylation sites (tertiary alicyclic amines) is 1. The number of aromatic nitrogens is 1. The molecule has 1 aromatic carbocycles. The topological polar surface area (TPSA) is 169 Å². The van der Waals surface area contributed by atoms with E-state index in [9.17, 15) is 19.2 Å². The second-order valence-corrected chi connectivity index (χ2v) is 17.9. The number of nitrogens with zero attached hydrogens (tertiary/aromatic N) is 4. The molecule has 1 fully saturated rings. The Morgan fingerprint density at radius 1 is 0.967 bits per heavy atom. The van der Waals surface area contributed by atoms with Crippen LogP contribution in [0.2, 0.25) is 0 Å². The van der Waals surface area contributed by atoms with Gasteiger partial charge in [0.2, 0.25) is 23.6 Å². The highest BCUT2D eigenvalue weighted by Crippen LogP contribution is 2.30. The minimum absolute atomic E-state index is 0.0218. The standard InChI is InChI=1S/C45H75N7O7S/c1-12-31(6)40(51(9)45(56)38(29(2)3)49-43(55)39(30(4)5)50(8)23-25-59-24-20-46)36(57-10)28-37(53)52-22-16-19-35(52)41(58-11)32(7)42(54)48-34(44-47-21-26-60-44)27-33-17-14-13-15-18-33/h13-15,17-18,21,26,29-32,34-36,38-41H,12,16,19-20,22-25,27-28,46H2,1-11H3,(H,48,54)(H,49,55)/t31-,32+,34-,35-,36-,38-,39-,40-,41+/m0/s1. The summed E-state index contributed by atoms with van der Waals surface area (Å²) < 4.78 is 17.7. The van der Waals surface area contributed by atoms with E-state index in [-0.39, 0.29) is 59.9 Å². The molecule has 3 rings (SSSR count). The van der Waals surface area contributed by atoms with E-state index in [0.29, 0.717) is 45.7 Å². The molecule has 1 aliphatic heterocycles. The number of carbonyl (C=O) groups excluding carboxylic acids is 4. The van der Waals surface area contributed by atoms with Crippen LogP contribution in [-0.2, 0) is 39.8 Å². The summed E-state index contributed by atoms with van der Waals surface area (Å²) in [7, 11) is 6.80. The van der Waals surface area contributed by atoms with E-state index in [0.717, 1.165) is 23.4 Å². The molecule has 4 amide bonds. The highest BCUT2D eigenvalue weighted by molar-refractivity contribution is 7.09. The normalized spacial score (nSPS) is 18.4. The Morgan fingerprint density at radius 3 is 2.23 bits per heavy atom. The number of nitrogens with two attached hydrogens (primary N) is 1. The molecule has 2 heterocycles. The van der Waals surface area contributed by atoms with E-state index >= 15 is 0 Å². The van der Waals surface area contributed by atoms with Crippen molar-refractivity contribution in [2.75, 3.05) is 61.2 Å². The lowest BCUT2D eigenvalue weighted by atomic mass is 9.89. The van der Waals surface area contributed by atoms with Crippen molar-refractivity contribution >= 4 is 35.0 Å². The van der Waals surface area contributed by atoms with Crippen molar-refractivity contribution in [3.8, 4) is 0 Å². The molecule has 4 N–H and O–H groups in total. The Labute approximate surface area is 363 Å². The summed E-state index contributed by atoms with van der Waals surface area (Å²) in [4.78, 5) is 66.7. The first-order chi connectivity index (χ1) is 28.6. The molecule has 1 aliphatic rings. The molecule has 0 spiro atoms. The summed E-state index contributed by atoms with van der Waals surface area (Å²) >= 11 is 1.50. The lowest BCUT2D eigenvalue weighted by molar-refractivity contribution is -0.148. The largest absolute Gasteiger partial charge is 0.379 e. The van der Waals surface area contributed by atoms with E-state index in [1.54, 1.807) is 32.4 Å². The first kappa shape index (κ1) is 50.9. The van der Waals surface area contributed by atoms with Crippen LogP contribution in [0.15, 0.2) is 41.9 Å². The summed E-state index contributed by atoms with van der Waals surface area (Å²) in [5.41, 5.74) is 6.65. The van der Waals surface area contributed by atoms with E-state index in [1.807, 2.05) is 87.2 Å². The number of amides is 4. The zero-order valence-corrected chi connectivity index (χ0v) is 38.9. The van der Waals surface area contributed by atoms with Crippen molar-refractivity contribution < 1.29 is 33.4 Å². The number of methoxy groups -OCH3 is 2. The van der Waals surface area contributed by atoms with Crippen LogP contribution >= 0.6 is 11.3 Å². The first-order valence-electron chi connectivity index (χ1n) is 21.7. The Balaban J connectivity index is 1.77. The predicted molar refractivity (Wildman–Crippen MR) is 237 cm³/mol. The molecule has 15 heteroatoms. The third-order valence-electron chi connectivity index (χ3n) is 12.1. The van der Waals surface area contributed by atoms with Gasteiger partial charge in [-0.3, -0.25) is 24.1 Å². The van der Waals surface area contributed by atoms with Gasteiger partial charge in [0.25, 0.3) is 0 Å². The monoisotopic (exact) mass is 858 g/mol. The minimum Gasteiger partial charge on any atom is -0.379 e. The van der Waals surface area contributed by atoms with Crippen LogP contribution in [0, 0.1) is 23.7 Å². The number of ether oxygens (including phenoxy) is 3. The number of hydrogen-bond acceptors (Lipinski definition) is 11. The quantitative estimate of drug-likeness (QED) is 0.114. The molecule has 0 saturated carbocycles. The van der Waals surface area contributed by atoms with Gasteiger partial charge in [-0.05, 0) is 49.6 Å². The molecule has 9 atom stereocenters. The van der Waals surface area contributed by atoms with E-state index < -0.39 is 36.3 Å². The summed E-state index contributed by atoms with van der Waals surface area (Å²) in [6, 6.07) is 7.63. The summed E-state index contributed by atoms with van der Waals surface area (Å²) in [6.07, 6.45) is 3.38. The second kappa shape index (κ2) is 25.5. The molecule has 0 unspecified atom stereocenters. The number of benzene rings is 1. The number of thiazole rings is 1. The van der Waals surface area contributed by atoms with Crippen LogP contribution in [-0.4, -0.2) is 141 Å². The fourth-order valence-electron chi connectivity index (χ4n) is 8.58. The molecule has 1 saturated heterocycles.